The number of likely N-dealkylation sites (N-methyl/N-ethyl adjacent to an activating group) is 1. The second-order valence-corrected chi connectivity index (χ2v) is 4.37. The highest BCUT2D eigenvalue weighted by molar-refractivity contribution is 5.81. The Morgan fingerprint density at radius 3 is 2.58 bits per heavy atom. The van der Waals surface area contributed by atoms with Crippen molar-refractivity contribution in [2.75, 3.05) is 20.6 Å². The van der Waals surface area contributed by atoms with Crippen molar-refractivity contribution >= 4 is 5.91 Å². The van der Waals surface area contributed by atoms with Gasteiger partial charge in [0.05, 0.1) is 6.04 Å². The van der Waals surface area contributed by atoms with Crippen LogP contribution in [0.2, 0.25) is 0 Å². The molecular formula is C9H16N2O. The van der Waals surface area contributed by atoms with Crippen LogP contribution >= 0.6 is 0 Å². The van der Waals surface area contributed by atoms with Gasteiger partial charge in [0.25, 0.3) is 0 Å². The minimum absolute atomic E-state index is 0.0995. The van der Waals surface area contributed by atoms with Gasteiger partial charge in [0.2, 0.25) is 5.91 Å². The predicted octanol–water partition coefficient (Wildman–Crippen LogP) is 0.217. The lowest BCUT2D eigenvalue weighted by Crippen LogP contribution is -2.39. The number of carbonyl (C=O) groups excluding carboxylic acids is 1. The molecule has 1 saturated carbocycles. The van der Waals surface area contributed by atoms with Crippen molar-refractivity contribution in [1.82, 2.24) is 10.2 Å². The van der Waals surface area contributed by atoms with Gasteiger partial charge in [-0.3, -0.25) is 4.79 Å². The van der Waals surface area contributed by atoms with Crippen molar-refractivity contribution in [3.05, 3.63) is 0 Å². The van der Waals surface area contributed by atoms with Crippen molar-refractivity contribution in [2.24, 2.45) is 5.41 Å². The fourth-order valence-corrected chi connectivity index (χ4v) is 1.96. The van der Waals surface area contributed by atoms with E-state index in [4.69, 9.17) is 0 Å². The third-order valence-corrected chi connectivity index (χ3v) is 3.06. The Morgan fingerprint density at radius 1 is 1.50 bits per heavy atom. The minimum Gasteiger partial charge on any atom is -0.347 e. The highest BCUT2D eigenvalue weighted by Crippen LogP contribution is 2.51. The van der Waals surface area contributed by atoms with Crippen LogP contribution in [0, 0.1) is 5.41 Å². The summed E-state index contributed by atoms with van der Waals surface area (Å²) in [5.74, 6) is 0.235. The summed E-state index contributed by atoms with van der Waals surface area (Å²) in [7, 11) is 3.64. The van der Waals surface area contributed by atoms with Gasteiger partial charge in [-0.15, -0.1) is 0 Å². The first-order valence-electron chi connectivity index (χ1n) is 4.58. The number of nitrogens with one attached hydrogen (secondary N) is 1. The molecule has 1 aliphatic carbocycles. The first-order valence-corrected chi connectivity index (χ1v) is 4.58. The summed E-state index contributed by atoms with van der Waals surface area (Å²) in [6.07, 6.45) is 3.69. The number of carbonyl (C=O) groups is 1. The van der Waals surface area contributed by atoms with Crippen molar-refractivity contribution in [2.45, 2.75) is 25.3 Å². The van der Waals surface area contributed by atoms with Crippen LogP contribution in [0.15, 0.2) is 0 Å². The molecule has 0 aromatic heterocycles. The summed E-state index contributed by atoms with van der Waals surface area (Å²) in [5.41, 5.74) is 0.524. The van der Waals surface area contributed by atoms with Gasteiger partial charge in [-0.1, -0.05) is 0 Å². The molecule has 1 heterocycles. The Bertz CT molecular complexity index is 209. The summed E-state index contributed by atoms with van der Waals surface area (Å²) in [6, 6.07) is 0.0995. The fourth-order valence-electron chi connectivity index (χ4n) is 1.96. The Hall–Kier alpha value is -0.570. The van der Waals surface area contributed by atoms with Gasteiger partial charge in [0.1, 0.15) is 0 Å². The second kappa shape index (κ2) is 2.46. The van der Waals surface area contributed by atoms with Gasteiger partial charge >= 0.3 is 0 Å². The van der Waals surface area contributed by atoms with Crippen molar-refractivity contribution in [1.29, 1.82) is 0 Å². The highest BCUT2D eigenvalue weighted by Gasteiger charge is 2.50. The summed E-state index contributed by atoms with van der Waals surface area (Å²) >= 11 is 0. The zero-order valence-electron chi connectivity index (χ0n) is 7.76. The van der Waals surface area contributed by atoms with E-state index in [2.05, 4.69) is 5.32 Å². The summed E-state index contributed by atoms with van der Waals surface area (Å²) < 4.78 is 0. The SMILES string of the molecule is CN(C)C(=O)C1CC2(CC2)CN1. The van der Waals surface area contributed by atoms with Gasteiger partial charge < -0.3 is 10.2 Å². The molecule has 3 heteroatoms. The van der Waals surface area contributed by atoms with E-state index in [0.717, 1.165) is 13.0 Å². The quantitative estimate of drug-likeness (QED) is 0.607. The average Bonchev–Trinajstić information content (AvgIpc) is 2.61. The number of rotatable bonds is 1. The second-order valence-electron chi connectivity index (χ2n) is 4.37. The lowest BCUT2D eigenvalue weighted by atomic mass is 10.0. The minimum atomic E-state index is 0.0995. The molecule has 1 spiro atoms. The molecule has 2 rings (SSSR count). The van der Waals surface area contributed by atoms with Gasteiger partial charge in [0, 0.05) is 20.6 Å². The van der Waals surface area contributed by atoms with Gasteiger partial charge in [-0.2, -0.15) is 0 Å². The zero-order chi connectivity index (χ0) is 8.77. The molecule has 0 radical (unpaired) electrons. The van der Waals surface area contributed by atoms with E-state index in [1.54, 1.807) is 4.90 Å². The Labute approximate surface area is 73.1 Å². The molecule has 1 unspecified atom stereocenters. The largest absolute Gasteiger partial charge is 0.347 e. The monoisotopic (exact) mass is 168 g/mol. The maximum Gasteiger partial charge on any atom is 0.239 e. The van der Waals surface area contributed by atoms with Crippen LogP contribution in [-0.4, -0.2) is 37.5 Å². The Morgan fingerprint density at radius 2 is 2.17 bits per heavy atom. The summed E-state index contributed by atoms with van der Waals surface area (Å²) in [4.78, 5) is 13.2. The fraction of sp³-hybridized carbons (Fsp3) is 0.889. The zero-order valence-corrected chi connectivity index (χ0v) is 7.76. The molecule has 0 aromatic carbocycles. The molecule has 68 valence electrons. The van der Waals surface area contributed by atoms with E-state index < -0.39 is 0 Å². The molecule has 12 heavy (non-hydrogen) atoms. The number of nitrogens with zero attached hydrogens (tertiary/aromatic N) is 1. The molecule has 0 aromatic rings. The third kappa shape index (κ3) is 1.22. The Balaban J connectivity index is 1.94. The molecule has 1 saturated heterocycles. The van der Waals surface area contributed by atoms with Gasteiger partial charge in [0.15, 0.2) is 0 Å². The third-order valence-electron chi connectivity index (χ3n) is 3.06. The van der Waals surface area contributed by atoms with Gasteiger partial charge in [-0.25, -0.2) is 0 Å². The molecule has 3 nitrogen and oxygen atoms in total. The van der Waals surface area contributed by atoms with Crippen LogP contribution in [0.5, 0.6) is 0 Å². The van der Waals surface area contributed by atoms with Crippen molar-refractivity contribution in [3.63, 3.8) is 0 Å². The Kier molecular flexibility index (Phi) is 1.65. The molecule has 2 aliphatic rings. The van der Waals surface area contributed by atoms with Crippen LogP contribution in [-0.2, 0) is 4.79 Å². The van der Waals surface area contributed by atoms with Gasteiger partial charge in [-0.05, 0) is 24.7 Å². The van der Waals surface area contributed by atoms with E-state index in [1.807, 2.05) is 14.1 Å². The maximum absolute atomic E-state index is 11.5. The smallest absolute Gasteiger partial charge is 0.239 e. The number of amides is 1. The molecule has 1 N–H and O–H groups in total. The molecule has 1 atom stereocenters. The lowest BCUT2D eigenvalue weighted by molar-refractivity contribution is -0.130. The molecule has 0 bridgehead atoms. The number of hydrogen-bond donors (Lipinski definition) is 1. The van der Waals surface area contributed by atoms with E-state index >= 15 is 0 Å². The highest BCUT2D eigenvalue weighted by atomic mass is 16.2. The predicted molar refractivity (Wildman–Crippen MR) is 46.8 cm³/mol. The molecular weight excluding hydrogens is 152 g/mol. The van der Waals surface area contributed by atoms with Crippen LogP contribution in [0.3, 0.4) is 0 Å². The standard InChI is InChI=1S/C9H16N2O/c1-11(2)8(12)7-5-9(3-4-9)6-10-7/h7,10H,3-6H2,1-2H3. The molecule has 1 amide bonds. The van der Waals surface area contributed by atoms with Crippen LogP contribution in [0.25, 0.3) is 0 Å². The summed E-state index contributed by atoms with van der Waals surface area (Å²) in [5, 5.41) is 3.30. The van der Waals surface area contributed by atoms with Crippen molar-refractivity contribution < 1.29 is 4.79 Å². The molecule has 1 aliphatic heterocycles. The van der Waals surface area contributed by atoms with E-state index in [9.17, 15) is 4.79 Å². The van der Waals surface area contributed by atoms with Crippen LogP contribution < -0.4 is 5.32 Å². The van der Waals surface area contributed by atoms with E-state index in [-0.39, 0.29) is 11.9 Å². The first-order chi connectivity index (χ1) is 5.63. The van der Waals surface area contributed by atoms with E-state index in [1.165, 1.54) is 12.8 Å². The maximum atomic E-state index is 11.5. The number of hydrogen-bond acceptors (Lipinski definition) is 2. The van der Waals surface area contributed by atoms with Crippen molar-refractivity contribution in [3.8, 4) is 0 Å². The normalized spacial score (nSPS) is 30.7. The van der Waals surface area contributed by atoms with Crippen LogP contribution in [0.1, 0.15) is 19.3 Å². The molecule has 2 fully saturated rings. The van der Waals surface area contributed by atoms with Crippen LogP contribution in [0.4, 0.5) is 0 Å². The first kappa shape index (κ1) is 8.05. The average molecular weight is 168 g/mol. The topological polar surface area (TPSA) is 32.3 Å². The summed E-state index contributed by atoms with van der Waals surface area (Å²) in [6.45, 7) is 1.05. The lowest BCUT2D eigenvalue weighted by Gasteiger charge is -2.15. The van der Waals surface area contributed by atoms with E-state index in [0.29, 0.717) is 5.41 Å².